The fraction of sp³-hybridized carbons (Fsp3) is 0.0769. The summed E-state index contributed by atoms with van der Waals surface area (Å²) in [7, 11) is 0. The standard InChI is InChI=1S/C13H12ClN.ClH/c14-12-6-8-13(9-7-12)15-10-11-4-2-1-3-5-11;/h1-9,15H,10H2;1H. The van der Waals surface area contributed by atoms with Crippen LogP contribution in [0.4, 0.5) is 5.69 Å². The van der Waals surface area contributed by atoms with Crippen LogP contribution in [-0.2, 0) is 6.54 Å². The third-order valence-corrected chi connectivity index (χ3v) is 2.44. The first kappa shape index (κ1) is 12.9. The molecule has 0 heterocycles. The van der Waals surface area contributed by atoms with Gasteiger partial charge in [-0.05, 0) is 29.8 Å². The van der Waals surface area contributed by atoms with E-state index in [1.54, 1.807) is 0 Å². The van der Waals surface area contributed by atoms with Crippen LogP contribution in [0.25, 0.3) is 0 Å². The molecule has 84 valence electrons. The van der Waals surface area contributed by atoms with E-state index in [-0.39, 0.29) is 12.4 Å². The van der Waals surface area contributed by atoms with Gasteiger partial charge < -0.3 is 5.32 Å². The Morgan fingerprint density at radius 2 is 1.50 bits per heavy atom. The number of hydrogen-bond acceptors (Lipinski definition) is 1. The molecule has 0 radical (unpaired) electrons. The van der Waals surface area contributed by atoms with Crippen LogP contribution < -0.4 is 5.32 Å². The van der Waals surface area contributed by atoms with Crippen molar-refractivity contribution in [3.05, 3.63) is 65.2 Å². The Balaban J connectivity index is 0.00000128. The second kappa shape index (κ2) is 6.41. The Hall–Kier alpha value is -1.18. The fourth-order valence-electron chi connectivity index (χ4n) is 1.37. The van der Waals surface area contributed by atoms with Gasteiger partial charge in [0.2, 0.25) is 0 Å². The molecule has 0 fully saturated rings. The molecule has 0 amide bonds. The van der Waals surface area contributed by atoms with E-state index < -0.39 is 0 Å². The first-order chi connectivity index (χ1) is 7.34. The van der Waals surface area contributed by atoms with Crippen molar-refractivity contribution in [3.63, 3.8) is 0 Å². The molecule has 0 unspecified atom stereocenters. The predicted molar refractivity (Wildman–Crippen MR) is 72.5 cm³/mol. The Bertz CT molecular complexity index is 412. The molecule has 2 aromatic carbocycles. The fourth-order valence-corrected chi connectivity index (χ4v) is 1.49. The highest BCUT2D eigenvalue weighted by atomic mass is 35.5. The van der Waals surface area contributed by atoms with Gasteiger partial charge >= 0.3 is 0 Å². The second-order valence-corrected chi connectivity index (χ2v) is 3.78. The number of halogens is 2. The van der Waals surface area contributed by atoms with Crippen LogP contribution in [0.2, 0.25) is 5.02 Å². The predicted octanol–water partition coefficient (Wildman–Crippen LogP) is 4.37. The molecule has 3 heteroatoms. The van der Waals surface area contributed by atoms with Crippen molar-refractivity contribution in [1.29, 1.82) is 0 Å². The van der Waals surface area contributed by atoms with Gasteiger partial charge in [0, 0.05) is 17.3 Å². The zero-order valence-corrected chi connectivity index (χ0v) is 10.3. The molecule has 0 aliphatic carbocycles. The van der Waals surface area contributed by atoms with E-state index in [2.05, 4.69) is 17.4 Å². The summed E-state index contributed by atoms with van der Waals surface area (Å²) in [6.07, 6.45) is 0. The van der Waals surface area contributed by atoms with Gasteiger partial charge in [-0.2, -0.15) is 0 Å². The van der Waals surface area contributed by atoms with Gasteiger partial charge in [0.1, 0.15) is 0 Å². The molecule has 0 bridgehead atoms. The summed E-state index contributed by atoms with van der Waals surface area (Å²) < 4.78 is 0. The third-order valence-electron chi connectivity index (χ3n) is 2.18. The molecule has 0 aliphatic heterocycles. The average molecular weight is 254 g/mol. The van der Waals surface area contributed by atoms with Crippen molar-refractivity contribution in [2.24, 2.45) is 0 Å². The van der Waals surface area contributed by atoms with Gasteiger partial charge in [-0.25, -0.2) is 0 Å². The smallest absolute Gasteiger partial charge is 0.0407 e. The lowest BCUT2D eigenvalue weighted by atomic mass is 10.2. The van der Waals surface area contributed by atoms with Gasteiger partial charge in [-0.15, -0.1) is 12.4 Å². The number of benzene rings is 2. The van der Waals surface area contributed by atoms with Crippen molar-refractivity contribution in [3.8, 4) is 0 Å². The number of nitrogens with one attached hydrogen (secondary N) is 1. The van der Waals surface area contributed by atoms with Crippen molar-refractivity contribution in [1.82, 2.24) is 0 Å². The lowest BCUT2D eigenvalue weighted by Gasteiger charge is -2.06. The Morgan fingerprint density at radius 1 is 0.875 bits per heavy atom. The zero-order valence-electron chi connectivity index (χ0n) is 8.69. The van der Waals surface area contributed by atoms with Crippen LogP contribution in [0.1, 0.15) is 5.56 Å². The van der Waals surface area contributed by atoms with Crippen LogP contribution in [0, 0.1) is 0 Å². The van der Waals surface area contributed by atoms with E-state index in [1.807, 2.05) is 42.5 Å². The quantitative estimate of drug-likeness (QED) is 0.857. The van der Waals surface area contributed by atoms with Crippen molar-refractivity contribution < 1.29 is 0 Å². The molecule has 0 atom stereocenters. The van der Waals surface area contributed by atoms with Gasteiger partial charge in [0.25, 0.3) is 0 Å². The molecular formula is C13H13Cl2N. The van der Waals surface area contributed by atoms with E-state index in [4.69, 9.17) is 11.6 Å². The summed E-state index contributed by atoms with van der Waals surface area (Å²) in [4.78, 5) is 0. The number of rotatable bonds is 3. The maximum atomic E-state index is 5.80. The first-order valence-corrected chi connectivity index (χ1v) is 5.26. The summed E-state index contributed by atoms with van der Waals surface area (Å²) >= 11 is 5.80. The van der Waals surface area contributed by atoms with Gasteiger partial charge in [-0.3, -0.25) is 0 Å². The van der Waals surface area contributed by atoms with Gasteiger partial charge in [-0.1, -0.05) is 41.9 Å². The second-order valence-electron chi connectivity index (χ2n) is 3.35. The molecule has 2 rings (SSSR count). The van der Waals surface area contributed by atoms with Crippen LogP contribution >= 0.6 is 24.0 Å². The minimum Gasteiger partial charge on any atom is -0.381 e. The molecule has 16 heavy (non-hydrogen) atoms. The lowest BCUT2D eigenvalue weighted by molar-refractivity contribution is 1.15. The molecular weight excluding hydrogens is 241 g/mol. The highest BCUT2D eigenvalue weighted by Crippen LogP contribution is 2.14. The minimum atomic E-state index is 0. The zero-order chi connectivity index (χ0) is 10.5. The molecule has 0 saturated heterocycles. The SMILES string of the molecule is Cl.Clc1ccc(NCc2ccccc2)cc1. The Morgan fingerprint density at radius 3 is 2.12 bits per heavy atom. The van der Waals surface area contributed by atoms with Gasteiger partial charge in [0.15, 0.2) is 0 Å². The number of anilines is 1. The largest absolute Gasteiger partial charge is 0.381 e. The average Bonchev–Trinajstić information content (AvgIpc) is 2.30. The van der Waals surface area contributed by atoms with Crippen molar-refractivity contribution in [2.45, 2.75) is 6.54 Å². The Labute approximate surface area is 107 Å². The third kappa shape index (κ3) is 3.76. The molecule has 0 saturated carbocycles. The highest BCUT2D eigenvalue weighted by molar-refractivity contribution is 6.30. The minimum absolute atomic E-state index is 0. The topological polar surface area (TPSA) is 12.0 Å². The molecule has 2 aromatic rings. The van der Waals surface area contributed by atoms with E-state index in [0.29, 0.717) is 0 Å². The summed E-state index contributed by atoms with van der Waals surface area (Å²) in [6.45, 7) is 0.836. The van der Waals surface area contributed by atoms with Crippen LogP contribution in [-0.4, -0.2) is 0 Å². The van der Waals surface area contributed by atoms with E-state index in [0.717, 1.165) is 17.3 Å². The molecule has 0 aromatic heterocycles. The lowest BCUT2D eigenvalue weighted by Crippen LogP contribution is -1.98. The van der Waals surface area contributed by atoms with E-state index >= 15 is 0 Å². The summed E-state index contributed by atoms with van der Waals surface area (Å²) in [5.41, 5.74) is 2.36. The summed E-state index contributed by atoms with van der Waals surface area (Å²) in [5.74, 6) is 0. The van der Waals surface area contributed by atoms with Crippen molar-refractivity contribution in [2.75, 3.05) is 5.32 Å². The maximum absolute atomic E-state index is 5.80. The monoisotopic (exact) mass is 253 g/mol. The highest BCUT2D eigenvalue weighted by Gasteiger charge is 1.93. The van der Waals surface area contributed by atoms with E-state index in [1.165, 1.54) is 5.56 Å². The molecule has 1 nitrogen and oxygen atoms in total. The normalized spacial score (nSPS) is 9.31. The maximum Gasteiger partial charge on any atom is 0.0407 e. The van der Waals surface area contributed by atoms with Crippen molar-refractivity contribution >= 4 is 29.7 Å². The Kier molecular flexibility index (Phi) is 5.17. The van der Waals surface area contributed by atoms with Crippen LogP contribution in [0.3, 0.4) is 0 Å². The van der Waals surface area contributed by atoms with E-state index in [9.17, 15) is 0 Å². The summed E-state index contributed by atoms with van der Waals surface area (Å²) in [5, 5.41) is 4.09. The number of hydrogen-bond donors (Lipinski definition) is 1. The molecule has 0 aliphatic rings. The van der Waals surface area contributed by atoms with Gasteiger partial charge in [0.05, 0.1) is 0 Å². The summed E-state index contributed by atoms with van der Waals surface area (Å²) in [6, 6.07) is 18.0. The van der Waals surface area contributed by atoms with Crippen LogP contribution in [0.15, 0.2) is 54.6 Å². The molecule has 1 N–H and O–H groups in total. The first-order valence-electron chi connectivity index (χ1n) is 4.88. The van der Waals surface area contributed by atoms with Crippen LogP contribution in [0.5, 0.6) is 0 Å². The molecule has 0 spiro atoms.